The van der Waals surface area contributed by atoms with Crippen molar-refractivity contribution in [1.29, 1.82) is 0 Å². The smallest absolute Gasteiger partial charge is 0.0939 e. The molecule has 2 heterocycles. The highest BCUT2D eigenvalue weighted by Gasteiger charge is 2.43. The second-order valence-corrected chi connectivity index (χ2v) is 5.57. The summed E-state index contributed by atoms with van der Waals surface area (Å²) in [5.74, 6) is 0.497. The highest BCUT2D eigenvalue weighted by atomic mass is 16.6. The molecule has 2 fully saturated rings. The van der Waals surface area contributed by atoms with Gasteiger partial charge < -0.3 is 19.9 Å². The third kappa shape index (κ3) is 3.05. The predicted octanol–water partition coefficient (Wildman–Crippen LogP) is 1.71. The first-order valence-corrected chi connectivity index (χ1v) is 7.29. The van der Waals surface area contributed by atoms with Gasteiger partial charge in [0.05, 0.1) is 18.3 Å². The number of hydrogen-bond acceptors (Lipinski definition) is 4. The number of ether oxygens (including phenoxy) is 3. The summed E-state index contributed by atoms with van der Waals surface area (Å²) in [6, 6.07) is 0.122. The Morgan fingerprint density at radius 3 is 2.83 bits per heavy atom. The summed E-state index contributed by atoms with van der Waals surface area (Å²) >= 11 is 0. The highest BCUT2D eigenvalue weighted by molar-refractivity contribution is 4.94. The Morgan fingerprint density at radius 2 is 2.22 bits per heavy atom. The van der Waals surface area contributed by atoms with Crippen molar-refractivity contribution in [3.8, 4) is 0 Å². The lowest BCUT2D eigenvalue weighted by molar-refractivity contribution is -0.109. The zero-order valence-corrected chi connectivity index (χ0v) is 11.7. The molecule has 0 bridgehead atoms. The average Bonchev–Trinajstić information content (AvgIpc) is 2.83. The number of rotatable bonds is 5. The minimum Gasteiger partial charge on any atom is -0.378 e. The van der Waals surface area contributed by atoms with Gasteiger partial charge in [-0.1, -0.05) is 6.92 Å². The van der Waals surface area contributed by atoms with E-state index in [1.54, 1.807) is 0 Å². The SMILES string of the molecule is CCOC(CC)C(N)C1CCOC2(CCOC2)C1. The molecule has 0 radical (unpaired) electrons. The van der Waals surface area contributed by atoms with E-state index in [1.807, 2.05) is 6.92 Å². The lowest BCUT2D eigenvalue weighted by Gasteiger charge is -2.41. The third-order valence-electron chi connectivity index (χ3n) is 4.35. The fourth-order valence-electron chi connectivity index (χ4n) is 3.28. The van der Waals surface area contributed by atoms with Gasteiger partial charge in [0.25, 0.3) is 0 Å². The van der Waals surface area contributed by atoms with E-state index in [2.05, 4.69) is 6.92 Å². The molecule has 106 valence electrons. The quantitative estimate of drug-likeness (QED) is 0.814. The van der Waals surface area contributed by atoms with Crippen LogP contribution in [0.2, 0.25) is 0 Å². The van der Waals surface area contributed by atoms with E-state index in [0.29, 0.717) is 5.92 Å². The van der Waals surface area contributed by atoms with Gasteiger partial charge in [0.15, 0.2) is 0 Å². The molecule has 2 aliphatic heterocycles. The van der Waals surface area contributed by atoms with Crippen LogP contribution in [0.5, 0.6) is 0 Å². The molecular weight excluding hydrogens is 230 g/mol. The number of hydrogen-bond donors (Lipinski definition) is 1. The molecule has 0 aliphatic carbocycles. The van der Waals surface area contributed by atoms with Crippen molar-refractivity contribution in [3.63, 3.8) is 0 Å². The Kier molecular flexibility index (Phi) is 5.01. The molecule has 4 nitrogen and oxygen atoms in total. The average molecular weight is 257 g/mol. The summed E-state index contributed by atoms with van der Waals surface area (Å²) in [6.45, 7) is 7.29. The van der Waals surface area contributed by atoms with Crippen molar-refractivity contribution in [3.05, 3.63) is 0 Å². The van der Waals surface area contributed by atoms with Gasteiger partial charge in [0.2, 0.25) is 0 Å². The first kappa shape index (κ1) is 14.3. The van der Waals surface area contributed by atoms with Crippen molar-refractivity contribution in [2.24, 2.45) is 11.7 Å². The van der Waals surface area contributed by atoms with Gasteiger partial charge in [-0.25, -0.2) is 0 Å². The van der Waals surface area contributed by atoms with Crippen molar-refractivity contribution in [2.45, 2.75) is 57.3 Å². The molecule has 2 saturated heterocycles. The lowest BCUT2D eigenvalue weighted by Crippen LogP contribution is -2.50. The monoisotopic (exact) mass is 257 g/mol. The summed E-state index contributed by atoms with van der Waals surface area (Å²) in [7, 11) is 0. The molecule has 0 amide bonds. The molecular formula is C14H27NO3. The summed E-state index contributed by atoms with van der Waals surface area (Å²) in [6.07, 6.45) is 4.25. The maximum Gasteiger partial charge on any atom is 0.0939 e. The zero-order chi connectivity index (χ0) is 13.0. The van der Waals surface area contributed by atoms with Gasteiger partial charge in [-0.05, 0) is 32.1 Å². The van der Waals surface area contributed by atoms with Crippen LogP contribution in [0.15, 0.2) is 0 Å². The Balaban J connectivity index is 1.94. The van der Waals surface area contributed by atoms with Crippen LogP contribution in [0, 0.1) is 5.92 Å². The summed E-state index contributed by atoms with van der Waals surface area (Å²) in [4.78, 5) is 0. The Morgan fingerprint density at radius 1 is 1.39 bits per heavy atom. The lowest BCUT2D eigenvalue weighted by atomic mass is 9.79. The molecule has 18 heavy (non-hydrogen) atoms. The van der Waals surface area contributed by atoms with Crippen LogP contribution >= 0.6 is 0 Å². The van der Waals surface area contributed by atoms with Gasteiger partial charge in [-0.3, -0.25) is 0 Å². The second-order valence-electron chi connectivity index (χ2n) is 5.57. The normalized spacial score (nSPS) is 35.8. The summed E-state index contributed by atoms with van der Waals surface area (Å²) in [5, 5.41) is 0. The minimum absolute atomic E-state index is 0.0506. The van der Waals surface area contributed by atoms with Crippen molar-refractivity contribution < 1.29 is 14.2 Å². The van der Waals surface area contributed by atoms with Crippen molar-refractivity contribution >= 4 is 0 Å². The highest BCUT2D eigenvalue weighted by Crippen LogP contribution is 2.37. The minimum atomic E-state index is -0.0506. The molecule has 1 spiro atoms. The van der Waals surface area contributed by atoms with Crippen molar-refractivity contribution in [1.82, 2.24) is 0 Å². The molecule has 2 rings (SSSR count). The first-order valence-electron chi connectivity index (χ1n) is 7.29. The second kappa shape index (κ2) is 6.33. The van der Waals surface area contributed by atoms with Crippen LogP contribution in [-0.4, -0.2) is 44.2 Å². The van der Waals surface area contributed by atoms with E-state index in [0.717, 1.165) is 52.1 Å². The maximum atomic E-state index is 6.42. The van der Waals surface area contributed by atoms with Gasteiger partial charge in [-0.2, -0.15) is 0 Å². The molecule has 0 aromatic carbocycles. The topological polar surface area (TPSA) is 53.7 Å². The van der Waals surface area contributed by atoms with E-state index in [1.165, 1.54) is 0 Å². The maximum absolute atomic E-state index is 6.42. The van der Waals surface area contributed by atoms with Crippen LogP contribution in [0.1, 0.15) is 39.5 Å². The number of nitrogens with two attached hydrogens (primary N) is 1. The van der Waals surface area contributed by atoms with Gasteiger partial charge in [0, 0.05) is 32.3 Å². The van der Waals surface area contributed by atoms with E-state index in [9.17, 15) is 0 Å². The van der Waals surface area contributed by atoms with Crippen molar-refractivity contribution in [2.75, 3.05) is 26.4 Å². The van der Waals surface area contributed by atoms with Crippen LogP contribution < -0.4 is 5.73 Å². The summed E-state index contributed by atoms with van der Waals surface area (Å²) < 4.78 is 17.2. The van der Waals surface area contributed by atoms with Gasteiger partial charge in [-0.15, -0.1) is 0 Å². The predicted molar refractivity (Wildman–Crippen MR) is 70.5 cm³/mol. The molecule has 4 heteroatoms. The molecule has 4 atom stereocenters. The van der Waals surface area contributed by atoms with Gasteiger partial charge in [0.1, 0.15) is 0 Å². The Labute approximate surface area is 110 Å². The van der Waals surface area contributed by atoms with Crippen LogP contribution in [0.4, 0.5) is 0 Å². The van der Waals surface area contributed by atoms with Gasteiger partial charge >= 0.3 is 0 Å². The molecule has 4 unspecified atom stereocenters. The first-order chi connectivity index (χ1) is 8.71. The Bertz CT molecular complexity index is 253. The van der Waals surface area contributed by atoms with E-state index < -0.39 is 0 Å². The third-order valence-corrected chi connectivity index (χ3v) is 4.35. The molecule has 2 N–H and O–H groups in total. The van der Waals surface area contributed by atoms with Crippen LogP contribution in [0.25, 0.3) is 0 Å². The van der Waals surface area contributed by atoms with Crippen LogP contribution in [-0.2, 0) is 14.2 Å². The van der Waals surface area contributed by atoms with E-state index >= 15 is 0 Å². The Hall–Kier alpha value is -0.160. The van der Waals surface area contributed by atoms with Crippen LogP contribution in [0.3, 0.4) is 0 Å². The zero-order valence-electron chi connectivity index (χ0n) is 11.7. The molecule has 2 aliphatic rings. The molecule has 0 saturated carbocycles. The largest absolute Gasteiger partial charge is 0.378 e. The fraction of sp³-hybridized carbons (Fsp3) is 1.00. The molecule has 0 aromatic heterocycles. The summed E-state index contributed by atoms with van der Waals surface area (Å²) in [5.41, 5.74) is 6.37. The standard InChI is InChI=1S/C14H27NO3/c1-3-12(17-4-2)13(15)11-5-7-18-14(9-11)6-8-16-10-14/h11-13H,3-10,15H2,1-2H3. The molecule has 0 aromatic rings. The van der Waals surface area contributed by atoms with E-state index in [-0.39, 0.29) is 17.7 Å². The van der Waals surface area contributed by atoms with E-state index in [4.69, 9.17) is 19.9 Å². The fourth-order valence-corrected chi connectivity index (χ4v) is 3.28.